The minimum Gasteiger partial charge on any atom is -0.497 e. The first-order chi connectivity index (χ1) is 11.9. The monoisotopic (exact) mass is 356 g/mol. The van der Waals surface area contributed by atoms with E-state index in [4.69, 9.17) is 4.74 Å². The van der Waals surface area contributed by atoms with Crippen LogP contribution in [0.5, 0.6) is 5.75 Å². The first-order valence-corrected chi connectivity index (χ1v) is 9.31. The van der Waals surface area contributed by atoms with Gasteiger partial charge in [0, 0.05) is 22.8 Å². The first kappa shape index (κ1) is 17.1. The lowest BCUT2D eigenvalue weighted by atomic mass is 10.3. The van der Waals surface area contributed by atoms with E-state index in [9.17, 15) is 8.42 Å². The molecular weight excluding hydrogens is 336 g/mol. The summed E-state index contributed by atoms with van der Waals surface area (Å²) in [5.74, 6) is 0.671. The minimum atomic E-state index is -3.64. The Bertz CT molecular complexity index is 953. The summed E-state index contributed by atoms with van der Waals surface area (Å²) < 4.78 is 34.8. The maximum Gasteiger partial charge on any atom is 0.261 e. The molecule has 0 saturated heterocycles. The van der Waals surface area contributed by atoms with Crippen LogP contribution < -0.4 is 9.46 Å². The van der Waals surface area contributed by atoms with E-state index in [0.717, 1.165) is 17.1 Å². The fourth-order valence-corrected chi connectivity index (χ4v) is 3.78. The van der Waals surface area contributed by atoms with Crippen LogP contribution in [0.2, 0.25) is 0 Å². The lowest BCUT2D eigenvalue weighted by Crippen LogP contribution is -2.13. The number of anilines is 1. The highest BCUT2D eigenvalue weighted by Crippen LogP contribution is 2.22. The molecule has 1 aromatic heterocycles. The van der Waals surface area contributed by atoms with Crippen molar-refractivity contribution in [1.82, 2.24) is 4.57 Å². The summed E-state index contributed by atoms with van der Waals surface area (Å²) in [5, 5.41) is 0. The molecule has 5 nitrogen and oxygen atoms in total. The third kappa shape index (κ3) is 3.53. The predicted molar refractivity (Wildman–Crippen MR) is 99.0 cm³/mol. The number of hydrogen-bond donors (Lipinski definition) is 1. The molecule has 0 fully saturated rings. The van der Waals surface area contributed by atoms with Gasteiger partial charge in [-0.05, 0) is 74.5 Å². The molecule has 3 rings (SSSR count). The summed E-state index contributed by atoms with van der Waals surface area (Å²) in [5.41, 5.74) is 3.62. The SMILES string of the molecule is COc1ccc(NS(=O)(=O)c2ccc(-n3c(C)ccc3C)cc2)cc1. The van der Waals surface area contributed by atoms with E-state index in [1.165, 1.54) is 0 Å². The fraction of sp³-hybridized carbons (Fsp3) is 0.158. The smallest absolute Gasteiger partial charge is 0.261 e. The van der Waals surface area contributed by atoms with Crippen LogP contribution in [0.25, 0.3) is 5.69 Å². The molecule has 1 heterocycles. The van der Waals surface area contributed by atoms with E-state index in [2.05, 4.69) is 9.29 Å². The average Bonchev–Trinajstić information content (AvgIpc) is 2.94. The highest BCUT2D eigenvalue weighted by atomic mass is 32.2. The van der Waals surface area contributed by atoms with Crippen LogP contribution in [0.15, 0.2) is 65.6 Å². The summed E-state index contributed by atoms with van der Waals surface area (Å²) in [7, 11) is -2.07. The summed E-state index contributed by atoms with van der Waals surface area (Å²) in [4.78, 5) is 0.217. The van der Waals surface area contributed by atoms with Crippen LogP contribution in [0.4, 0.5) is 5.69 Å². The summed E-state index contributed by atoms with van der Waals surface area (Å²) >= 11 is 0. The molecule has 0 unspecified atom stereocenters. The number of ether oxygens (including phenoxy) is 1. The van der Waals surface area contributed by atoms with Crippen molar-refractivity contribution in [3.05, 3.63) is 72.1 Å². The van der Waals surface area contributed by atoms with Gasteiger partial charge in [-0.3, -0.25) is 4.72 Å². The molecule has 0 aliphatic carbocycles. The Labute approximate surface area is 147 Å². The third-order valence-electron chi connectivity index (χ3n) is 4.02. The van der Waals surface area contributed by atoms with E-state index in [0.29, 0.717) is 11.4 Å². The molecule has 6 heteroatoms. The van der Waals surface area contributed by atoms with Crippen LogP contribution in [-0.4, -0.2) is 20.1 Å². The van der Waals surface area contributed by atoms with E-state index in [1.54, 1.807) is 43.5 Å². The quantitative estimate of drug-likeness (QED) is 0.754. The maximum absolute atomic E-state index is 12.5. The second-order valence-corrected chi connectivity index (χ2v) is 7.46. The number of rotatable bonds is 5. The van der Waals surface area contributed by atoms with Gasteiger partial charge < -0.3 is 9.30 Å². The van der Waals surface area contributed by atoms with Crippen molar-refractivity contribution >= 4 is 15.7 Å². The van der Waals surface area contributed by atoms with Gasteiger partial charge in [0.1, 0.15) is 5.75 Å². The lowest BCUT2D eigenvalue weighted by molar-refractivity contribution is 0.415. The lowest BCUT2D eigenvalue weighted by Gasteiger charge is -2.12. The van der Waals surface area contributed by atoms with Gasteiger partial charge >= 0.3 is 0 Å². The van der Waals surface area contributed by atoms with E-state index in [-0.39, 0.29) is 4.90 Å². The van der Waals surface area contributed by atoms with E-state index >= 15 is 0 Å². The zero-order valence-corrected chi connectivity index (χ0v) is 15.2. The number of aryl methyl sites for hydroxylation is 2. The molecule has 25 heavy (non-hydrogen) atoms. The highest BCUT2D eigenvalue weighted by Gasteiger charge is 2.15. The van der Waals surface area contributed by atoms with Gasteiger partial charge in [0.25, 0.3) is 10.0 Å². The zero-order valence-electron chi connectivity index (χ0n) is 14.4. The normalized spacial score (nSPS) is 11.3. The van der Waals surface area contributed by atoms with Crippen molar-refractivity contribution in [2.24, 2.45) is 0 Å². The molecule has 0 aliphatic rings. The van der Waals surface area contributed by atoms with Crippen LogP contribution >= 0.6 is 0 Å². The largest absolute Gasteiger partial charge is 0.497 e. The second kappa shape index (κ2) is 6.64. The van der Waals surface area contributed by atoms with Gasteiger partial charge in [0.2, 0.25) is 0 Å². The average molecular weight is 356 g/mol. The molecule has 0 radical (unpaired) electrons. The third-order valence-corrected chi connectivity index (χ3v) is 5.42. The molecule has 1 N–H and O–H groups in total. The number of aromatic nitrogens is 1. The minimum absolute atomic E-state index is 0.217. The van der Waals surface area contributed by atoms with Crippen LogP contribution in [-0.2, 0) is 10.0 Å². The van der Waals surface area contributed by atoms with Crippen LogP contribution in [0, 0.1) is 13.8 Å². The summed E-state index contributed by atoms with van der Waals surface area (Å²) in [6.07, 6.45) is 0. The van der Waals surface area contributed by atoms with Gasteiger partial charge in [0.05, 0.1) is 12.0 Å². The van der Waals surface area contributed by atoms with Crippen molar-refractivity contribution in [1.29, 1.82) is 0 Å². The molecular formula is C19H20N2O3S. The fourth-order valence-electron chi connectivity index (χ4n) is 2.72. The van der Waals surface area contributed by atoms with Crippen LogP contribution in [0.3, 0.4) is 0 Å². The van der Waals surface area contributed by atoms with Gasteiger partial charge in [-0.15, -0.1) is 0 Å². The van der Waals surface area contributed by atoms with Crippen molar-refractivity contribution in [3.63, 3.8) is 0 Å². The number of sulfonamides is 1. The molecule has 0 saturated carbocycles. The number of hydrogen-bond acceptors (Lipinski definition) is 3. The highest BCUT2D eigenvalue weighted by molar-refractivity contribution is 7.92. The van der Waals surface area contributed by atoms with Crippen molar-refractivity contribution in [2.45, 2.75) is 18.7 Å². The predicted octanol–water partition coefficient (Wildman–Crippen LogP) is 3.90. The number of methoxy groups -OCH3 is 1. The van der Waals surface area contributed by atoms with Gasteiger partial charge in [0.15, 0.2) is 0 Å². The second-order valence-electron chi connectivity index (χ2n) is 5.78. The molecule has 0 atom stereocenters. The molecule has 2 aromatic carbocycles. The zero-order chi connectivity index (χ0) is 18.0. The standard InChI is InChI=1S/C19H20N2O3S/c1-14-4-5-15(2)21(14)17-8-12-19(13-9-17)25(22,23)20-16-6-10-18(24-3)11-7-16/h4-13,20H,1-3H3. The van der Waals surface area contributed by atoms with Gasteiger partial charge in [-0.2, -0.15) is 0 Å². The van der Waals surface area contributed by atoms with Crippen molar-refractivity contribution in [2.75, 3.05) is 11.8 Å². The Balaban J connectivity index is 1.85. The van der Waals surface area contributed by atoms with E-state index in [1.807, 2.05) is 38.1 Å². The topological polar surface area (TPSA) is 60.3 Å². The first-order valence-electron chi connectivity index (χ1n) is 7.83. The Hall–Kier alpha value is -2.73. The Morgan fingerprint density at radius 1 is 0.840 bits per heavy atom. The Morgan fingerprint density at radius 3 is 1.92 bits per heavy atom. The van der Waals surface area contributed by atoms with Gasteiger partial charge in [-0.1, -0.05) is 0 Å². The number of nitrogens with one attached hydrogen (secondary N) is 1. The van der Waals surface area contributed by atoms with E-state index < -0.39 is 10.0 Å². The Kier molecular flexibility index (Phi) is 4.55. The molecule has 130 valence electrons. The van der Waals surface area contributed by atoms with Crippen LogP contribution in [0.1, 0.15) is 11.4 Å². The molecule has 0 spiro atoms. The number of nitrogens with zero attached hydrogens (tertiary/aromatic N) is 1. The molecule has 0 bridgehead atoms. The molecule has 3 aromatic rings. The van der Waals surface area contributed by atoms with Crippen molar-refractivity contribution in [3.8, 4) is 11.4 Å². The number of benzene rings is 2. The summed E-state index contributed by atoms with van der Waals surface area (Å²) in [6.45, 7) is 4.03. The molecule has 0 aliphatic heterocycles. The summed E-state index contributed by atoms with van der Waals surface area (Å²) in [6, 6.07) is 17.6. The maximum atomic E-state index is 12.5. The molecule has 0 amide bonds. The Morgan fingerprint density at radius 2 is 1.40 bits per heavy atom. The van der Waals surface area contributed by atoms with Crippen molar-refractivity contribution < 1.29 is 13.2 Å². The van der Waals surface area contributed by atoms with Gasteiger partial charge in [-0.25, -0.2) is 8.42 Å².